The van der Waals surface area contributed by atoms with E-state index < -0.39 is 23.8 Å². The summed E-state index contributed by atoms with van der Waals surface area (Å²) in [5.74, 6) is 10.0. The Balaban J connectivity index is 1.84. The van der Waals surface area contributed by atoms with Crippen LogP contribution in [-0.2, 0) is 17.4 Å². The van der Waals surface area contributed by atoms with Gasteiger partial charge in [0.2, 0.25) is 0 Å². The van der Waals surface area contributed by atoms with Gasteiger partial charge in [-0.05, 0) is 53.5 Å². The number of aliphatic hydroxyl groups excluding tert-OH is 1. The monoisotopic (exact) mass is 487 g/mol. The normalized spacial score (nSPS) is 17.9. The van der Waals surface area contributed by atoms with Gasteiger partial charge in [-0.15, -0.1) is 0 Å². The molecular weight excluding hydrogens is 448 g/mol. The van der Waals surface area contributed by atoms with Crippen LogP contribution in [-0.4, -0.2) is 35.1 Å². The summed E-state index contributed by atoms with van der Waals surface area (Å²) in [5, 5.41) is 19.5. The van der Waals surface area contributed by atoms with Crippen molar-refractivity contribution in [2.45, 2.75) is 82.4 Å². The average molecular weight is 488 g/mol. The van der Waals surface area contributed by atoms with Crippen LogP contribution >= 0.6 is 0 Å². The molecule has 35 heavy (non-hydrogen) atoms. The van der Waals surface area contributed by atoms with Crippen LogP contribution in [0.15, 0.2) is 47.6 Å². The molecule has 0 bridgehead atoms. The minimum atomic E-state index is -0.950. The predicted octanol–water partition coefficient (Wildman–Crippen LogP) is 4.06. The average Bonchev–Trinajstić information content (AvgIpc) is 2.81. The molecule has 1 saturated carbocycles. The molecule has 0 aromatic heterocycles. The Kier molecular flexibility index (Phi) is 8.85. The molecule has 2 unspecified atom stereocenters. The number of hydrazine groups is 1. The lowest BCUT2D eigenvalue weighted by Gasteiger charge is -2.41. The molecule has 6 nitrogen and oxygen atoms in total. The van der Waals surface area contributed by atoms with Crippen molar-refractivity contribution in [2.24, 2.45) is 16.8 Å². The Morgan fingerprint density at radius 3 is 2.37 bits per heavy atom. The van der Waals surface area contributed by atoms with Crippen molar-refractivity contribution in [3.8, 4) is 0 Å². The highest BCUT2D eigenvalue weighted by Gasteiger charge is 2.36. The summed E-state index contributed by atoms with van der Waals surface area (Å²) in [7, 11) is 0. The number of hydrazone groups is 1. The minimum Gasteiger partial charge on any atom is -0.390 e. The summed E-state index contributed by atoms with van der Waals surface area (Å²) < 4.78 is 27.5. The molecule has 6 N–H and O–H groups in total. The smallest absolute Gasteiger partial charge is 0.126 e. The van der Waals surface area contributed by atoms with Gasteiger partial charge in [0.1, 0.15) is 18.0 Å². The molecule has 2 aromatic carbocycles. The largest absolute Gasteiger partial charge is 0.390 e. The first kappa shape index (κ1) is 27.0. The van der Waals surface area contributed by atoms with Crippen molar-refractivity contribution >= 4 is 6.34 Å². The number of halogens is 2. The van der Waals surface area contributed by atoms with Gasteiger partial charge in [-0.2, -0.15) is 5.10 Å². The molecule has 0 amide bonds. The molecule has 1 fully saturated rings. The fourth-order valence-corrected chi connectivity index (χ4v) is 5.02. The van der Waals surface area contributed by atoms with Gasteiger partial charge in [0.25, 0.3) is 0 Å². The lowest BCUT2D eigenvalue weighted by Crippen LogP contribution is -2.55. The number of rotatable bonds is 9. The second-order valence-electron chi connectivity index (χ2n) is 10.7. The first-order valence-electron chi connectivity index (χ1n) is 12.3. The van der Waals surface area contributed by atoms with Crippen LogP contribution in [0.4, 0.5) is 8.78 Å². The van der Waals surface area contributed by atoms with Gasteiger partial charge in [-0.3, -0.25) is 5.01 Å². The standard InChI is InChI=1S/C27H39F2N5O/c1-26(2,3)20-8-7-9-21(15-20)27(10-5-4-6-11-27)32-17-25(35)24(34(31)18-33-30)14-19-12-22(28)16-23(29)13-19/h7-9,12-13,15-16,18,24-25,32,35H,4-6,10-11,14,17,30-31H2,1-3H3/b33-18-. The van der Waals surface area contributed by atoms with Crippen LogP contribution in [0.1, 0.15) is 69.6 Å². The molecule has 1 aliphatic rings. The van der Waals surface area contributed by atoms with E-state index in [1.165, 1.54) is 41.0 Å². The van der Waals surface area contributed by atoms with E-state index in [1.54, 1.807) is 0 Å². The third kappa shape index (κ3) is 6.99. The van der Waals surface area contributed by atoms with Gasteiger partial charge in [0.05, 0.1) is 12.1 Å². The maximum absolute atomic E-state index is 13.8. The Morgan fingerprint density at radius 1 is 1.11 bits per heavy atom. The van der Waals surface area contributed by atoms with Crippen LogP contribution in [0.5, 0.6) is 0 Å². The van der Waals surface area contributed by atoms with Gasteiger partial charge < -0.3 is 16.3 Å². The highest BCUT2D eigenvalue weighted by atomic mass is 19.1. The van der Waals surface area contributed by atoms with E-state index in [0.717, 1.165) is 31.7 Å². The summed E-state index contributed by atoms with van der Waals surface area (Å²) in [5.41, 5.74) is 2.63. The topological polar surface area (TPSA) is 99.9 Å². The summed E-state index contributed by atoms with van der Waals surface area (Å²) >= 11 is 0. The first-order chi connectivity index (χ1) is 16.5. The Bertz CT molecular complexity index is 981. The minimum absolute atomic E-state index is 0.0261. The SMILES string of the molecule is CC(C)(C)c1cccc(C2(NCC(O)C(Cc3cc(F)cc(F)c3)N(N)/C=N\N)CCCCC2)c1. The summed E-state index contributed by atoms with van der Waals surface area (Å²) in [4.78, 5) is 0. The van der Waals surface area contributed by atoms with E-state index in [2.05, 4.69) is 55.5 Å². The second-order valence-corrected chi connectivity index (χ2v) is 10.7. The quantitative estimate of drug-likeness (QED) is 0.185. The molecule has 8 heteroatoms. The molecular formula is C27H39F2N5O. The maximum Gasteiger partial charge on any atom is 0.126 e. The number of hydrogen-bond donors (Lipinski definition) is 4. The van der Waals surface area contributed by atoms with Crippen molar-refractivity contribution in [3.63, 3.8) is 0 Å². The van der Waals surface area contributed by atoms with Gasteiger partial charge in [-0.25, -0.2) is 14.6 Å². The zero-order valence-corrected chi connectivity index (χ0v) is 21.0. The highest BCUT2D eigenvalue weighted by molar-refractivity contribution is 5.54. The lowest BCUT2D eigenvalue weighted by atomic mass is 9.74. The lowest BCUT2D eigenvalue weighted by molar-refractivity contribution is 0.0709. The van der Waals surface area contributed by atoms with Crippen molar-refractivity contribution < 1.29 is 13.9 Å². The Hall–Kier alpha value is -2.55. The molecule has 2 atom stereocenters. The van der Waals surface area contributed by atoms with E-state index in [1.807, 2.05) is 0 Å². The first-order valence-corrected chi connectivity index (χ1v) is 12.3. The summed E-state index contributed by atoms with van der Waals surface area (Å²) in [6, 6.07) is 11.3. The summed E-state index contributed by atoms with van der Waals surface area (Å²) in [6.07, 6.45) is 5.67. The Morgan fingerprint density at radius 2 is 1.77 bits per heavy atom. The molecule has 0 radical (unpaired) electrons. The van der Waals surface area contributed by atoms with E-state index in [0.29, 0.717) is 5.56 Å². The summed E-state index contributed by atoms with van der Waals surface area (Å²) in [6.45, 7) is 6.84. The number of nitrogens with one attached hydrogen (secondary N) is 1. The van der Waals surface area contributed by atoms with Crippen molar-refractivity contribution in [1.29, 1.82) is 0 Å². The fraction of sp³-hybridized carbons (Fsp3) is 0.519. The van der Waals surface area contributed by atoms with Crippen molar-refractivity contribution in [3.05, 3.63) is 70.8 Å². The number of hydrogen-bond acceptors (Lipinski definition) is 5. The van der Waals surface area contributed by atoms with Gasteiger partial charge >= 0.3 is 0 Å². The zero-order chi connectivity index (χ0) is 25.6. The molecule has 1 aliphatic carbocycles. The molecule has 192 valence electrons. The van der Waals surface area contributed by atoms with Crippen molar-refractivity contribution in [2.75, 3.05) is 6.54 Å². The molecule has 0 aliphatic heterocycles. The molecule has 3 rings (SSSR count). The van der Waals surface area contributed by atoms with Crippen LogP contribution in [0.3, 0.4) is 0 Å². The van der Waals surface area contributed by atoms with Crippen LogP contribution in [0, 0.1) is 11.6 Å². The zero-order valence-electron chi connectivity index (χ0n) is 21.0. The number of benzene rings is 2. The number of aliphatic hydroxyl groups is 1. The van der Waals surface area contributed by atoms with E-state index in [9.17, 15) is 13.9 Å². The predicted molar refractivity (Wildman–Crippen MR) is 136 cm³/mol. The Labute approximate surface area is 207 Å². The van der Waals surface area contributed by atoms with Gasteiger partial charge in [-0.1, -0.05) is 64.3 Å². The van der Waals surface area contributed by atoms with Gasteiger partial charge in [0.15, 0.2) is 0 Å². The number of nitrogens with two attached hydrogens (primary N) is 2. The molecule has 0 spiro atoms. The third-order valence-corrected chi connectivity index (χ3v) is 7.03. The van der Waals surface area contributed by atoms with E-state index >= 15 is 0 Å². The van der Waals surface area contributed by atoms with Crippen molar-refractivity contribution in [1.82, 2.24) is 10.3 Å². The van der Waals surface area contributed by atoms with Crippen LogP contribution in [0.25, 0.3) is 0 Å². The van der Waals surface area contributed by atoms with Crippen LogP contribution < -0.4 is 17.0 Å². The van der Waals surface area contributed by atoms with Gasteiger partial charge in [0, 0.05) is 18.2 Å². The van der Waals surface area contributed by atoms with E-state index in [-0.39, 0.29) is 23.9 Å². The second kappa shape index (κ2) is 11.5. The van der Waals surface area contributed by atoms with E-state index in [4.69, 9.17) is 11.7 Å². The number of nitrogens with zero attached hydrogens (tertiary/aromatic N) is 2. The fourth-order valence-electron chi connectivity index (χ4n) is 5.02. The highest BCUT2D eigenvalue weighted by Crippen LogP contribution is 2.38. The molecule has 0 heterocycles. The molecule has 0 saturated heterocycles. The maximum atomic E-state index is 13.8. The van der Waals surface area contributed by atoms with Crippen LogP contribution in [0.2, 0.25) is 0 Å². The third-order valence-electron chi connectivity index (χ3n) is 7.03. The molecule has 2 aromatic rings.